The molecule has 1 rings (SSSR count). The van der Waals surface area contributed by atoms with Crippen LogP contribution in [0.1, 0.15) is 17.3 Å². The minimum absolute atomic E-state index is 0.00164. The van der Waals surface area contributed by atoms with Gasteiger partial charge >= 0.3 is 5.97 Å². The van der Waals surface area contributed by atoms with Gasteiger partial charge in [0.15, 0.2) is 0 Å². The van der Waals surface area contributed by atoms with Crippen molar-refractivity contribution in [3.8, 4) is 5.75 Å². The maximum Gasteiger partial charge on any atom is 0.338 e. The minimum atomic E-state index is -0.362. The number of benzene rings is 1. The molecule has 0 bridgehead atoms. The summed E-state index contributed by atoms with van der Waals surface area (Å²) < 4.78 is 15.4. The zero-order valence-corrected chi connectivity index (χ0v) is 10.4. The van der Waals surface area contributed by atoms with Gasteiger partial charge in [0.2, 0.25) is 0 Å². The van der Waals surface area contributed by atoms with Gasteiger partial charge in [0.25, 0.3) is 0 Å². The molecule has 0 aliphatic carbocycles. The molecule has 0 heterocycles. The number of hydrogen-bond donors (Lipinski definition) is 1. The summed E-state index contributed by atoms with van der Waals surface area (Å²) in [5.74, 6) is 0.229. The Kier molecular flexibility index (Phi) is 6.83. The first-order valence-electron chi connectivity index (χ1n) is 5.86. The highest BCUT2D eigenvalue weighted by molar-refractivity contribution is 5.89. The Morgan fingerprint density at radius 1 is 1.28 bits per heavy atom. The molecule has 1 aromatic carbocycles. The second-order valence-corrected chi connectivity index (χ2v) is 3.43. The first kappa shape index (κ1) is 14.5. The third kappa shape index (κ3) is 5.16. The van der Waals surface area contributed by atoms with Crippen molar-refractivity contribution >= 4 is 5.97 Å². The maximum absolute atomic E-state index is 11.5. The summed E-state index contributed by atoms with van der Waals surface area (Å²) in [4.78, 5) is 11.5. The Hall–Kier alpha value is -1.59. The van der Waals surface area contributed by atoms with Crippen LogP contribution in [0.25, 0.3) is 0 Å². The molecule has 1 aromatic rings. The SMILES string of the molecule is CCOC(=O)c1cccc(OCCOCCO)c1. The summed E-state index contributed by atoms with van der Waals surface area (Å²) in [6, 6.07) is 6.79. The number of ether oxygens (including phenoxy) is 3. The van der Waals surface area contributed by atoms with Crippen LogP contribution in [0.2, 0.25) is 0 Å². The molecule has 0 atom stereocenters. The Bertz CT molecular complexity index is 364. The molecule has 0 aliphatic heterocycles. The van der Waals surface area contributed by atoms with Crippen LogP contribution >= 0.6 is 0 Å². The van der Waals surface area contributed by atoms with E-state index in [0.717, 1.165) is 0 Å². The standard InChI is InChI=1S/C13H18O5/c1-2-17-13(15)11-4-3-5-12(10-11)18-9-8-16-7-6-14/h3-5,10,14H,2,6-9H2,1H3. The van der Waals surface area contributed by atoms with Crippen molar-refractivity contribution in [2.75, 3.05) is 33.0 Å². The van der Waals surface area contributed by atoms with Crippen LogP contribution in [0.15, 0.2) is 24.3 Å². The molecule has 0 aliphatic rings. The molecule has 5 nitrogen and oxygen atoms in total. The molecule has 18 heavy (non-hydrogen) atoms. The Morgan fingerprint density at radius 2 is 2.11 bits per heavy atom. The van der Waals surface area contributed by atoms with Crippen LogP contribution in [0, 0.1) is 0 Å². The molecular weight excluding hydrogens is 236 g/mol. The van der Waals surface area contributed by atoms with Crippen molar-refractivity contribution < 1.29 is 24.1 Å². The predicted octanol–water partition coefficient (Wildman–Crippen LogP) is 1.25. The fourth-order valence-corrected chi connectivity index (χ4v) is 1.31. The summed E-state index contributed by atoms with van der Waals surface area (Å²) in [7, 11) is 0. The monoisotopic (exact) mass is 254 g/mol. The van der Waals surface area contributed by atoms with Gasteiger partial charge in [-0.05, 0) is 25.1 Å². The summed E-state index contributed by atoms with van der Waals surface area (Å²) in [6.07, 6.45) is 0. The van der Waals surface area contributed by atoms with Gasteiger partial charge in [0.1, 0.15) is 12.4 Å². The Balaban J connectivity index is 2.42. The largest absolute Gasteiger partial charge is 0.491 e. The summed E-state index contributed by atoms with van der Waals surface area (Å²) >= 11 is 0. The molecule has 0 amide bonds. The zero-order chi connectivity index (χ0) is 13.2. The number of esters is 1. The lowest BCUT2D eigenvalue weighted by Crippen LogP contribution is -2.10. The second-order valence-electron chi connectivity index (χ2n) is 3.43. The molecule has 1 N–H and O–H groups in total. The van der Waals surface area contributed by atoms with Gasteiger partial charge in [0, 0.05) is 0 Å². The molecule has 0 saturated heterocycles. The van der Waals surface area contributed by atoms with E-state index in [1.54, 1.807) is 31.2 Å². The third-order valence-electron chi connectivity index (χ3n) is 2.08. The highest BCUT2D eigenvalue weighted by atomic mass is 16.5. The van der Waals surface area contributed by atoms with Gasteiger partial charge in [-0.2, -0.15) is 0 Å². The molecule has 0 fully saturated rings. The predicted molar refractivity (Wildman–Crippen MR) is 65.8 cm³/mol. The first-order chi connectivity index (χ1) is 8.77. The lowest BCUT2D eigenvalue weighted by atomic mass is 10.2. The minimum Gasteiger partial charge on any atom is -0.491 e. The quantitative estimate of drug-likeness (QED) is 0.558. The van der Waals surface area contributed by atoms with E-state index in [1.807, 2.05) is 0 Å². The van der Waals surface area contributed by atoms with Crippen LogP contribution in [-0.4, -0.2) is 44.1 Å². The van der Waals surface area contributed by atoms with E-state index in [4.69, 9.17) is 19.3 Å². The highest BCUT2D eigenvalue weighted by Crippen LogP contribution is 2.14. The fraction of sp³-hybridized carbons (Fsp3) is 0.462. The average Bonchev–Trinajstić information content (AvgIpc) is 2.39. The van der Waals surface area contributed by atoms with Crippen molar-refractivity contribution in [3.05, 3.63) is 29.8 Å². The van der Waals surface area contributed by atoms with Crippen LogP contribution in [0.3, 0.4) is 0 Å². The summed E-state index contributed by atoms with van der Waals surface area (Å²) in [5, 5.41) is 8.51. The third-order valence-corrected chi connectivity index (χ3v) is 2.08. The van der Waals surface area contributed by atoms with Crippen molar-refractivity contribution in [2.24, 2.45) is 0 Å². The van der Waals surface area contributed by atoms with Crippen LogP contribution in [-0.2, 0) is 9.47 Å². The lowest BCUT2D eigenvalue weighted by molar-refractivity contribution is 0.0525. The fourth-order valence-electron chi connectivity index (χ4n) is 1.31. The molecule has 0 saturated carbocycles. The Labute approximate surface area is 106 Å². The van der Waals surface area contributed by atoms with E-state index in [2.05, 4.69) is 0 Å². The molecule has 0 aromatic heterocycles. The molecule has 0 radical (unpaired) electrons. The molecule has 0 spiro atoms. The normalized spacial score (nSPS) is 10.1. The van der Waals surface area contributed by atoms with Crippen molar-refractivity contribution in [1.82, 2.24) is 0 Å². The van der Waals surface area contributed by atoms with Crippen LogP contribution in [0.5, 0.6) is 5.75 Å². The van der Waals surface area contributed by atoms with E-state index in [-0.39, 0.29) is 12.6 Å². The van der Waals surface area contributed by atoms with E-state index < -0.39 is 0 Å². The molecule has 100 valence electrons. The Morgan fingerprint density at radius 3 is 2.83 bits per heavy atom. The van der Waals surface area contributed by atoms with Crippen molar-refractivity contribution in [1.29, 1.82) is 0 Å². The maximum atomic E-state index is 11.5. The van der Waals surface area contributed by atoms with E-state index in [1.165, 1.54) is 0 Å². The molecular formula is C13H18O5. The molecule has 0 unspecified atom stereocenters. The second kappa shape index (κ2) is 8.49. The number of rotatable bonds is 8. The van der Waals surface area contributed by atoms with Crippen molar-refractivity contribution in [3.63, 3.8) is 0 Å². The van der Waals surface area contributed by atoms with Crippen LogP contribution < -0.4 is 4.74 Å². The number of aliphatic hydroxyl groups excluding tert-OH is 1. The smallest absolute Gasteiger partial charge is 0.338 e. The van der Waals surface area contributed by atoms with E-state index in [9.17, 15) is 4.79 Å². The number of hydrogen-bond acceptors (Lipinski definition) is 5. The van der Waals surface area contributed by atoms with E-state index >= 15 is 0 Å². The zero-order valence-electron chi connectivity index (χ0n) is 10.4. The average molecular weight is 254 g/mol. The van der Waals surface area contributed by atoms with Gasteiger partial charge in [-0.25, -0.2) is 4.79 Å². The van der Waals surface area contributed by atoms with Crippen molar-refractivity contribution in [2.45, 2.75) is 6.92 Å². The van der Waals surface area contributed by atoms with E-state index in [0.29, 0.717) is 37.7 Å². The highest BCUT2D eigenvalue weighted by Gasteiger charge is 2.06. The van der Waals surface area contributed by atoms with Crippen LogP contribution in [0.4, 0.5) is 0 Å². The first-order valence-corrected chi connectivity index (χ1v) is 5.86. The lowest BCUT2D eigenvalue weighted by Gasteiger charge is -2.08. The van der Waals surface area contributed by atoms with Gasteiger partial charge in [-0.15, -0.1) is 0 Å². The number of carbonyl (C=O) groups excluding carboxylic acids is 1. The van der Waals surface area contributed by atoms with Gasteiger partial charge in [-0.3, -0.25) is 0 Å². The number of carbonyl (C=O) groups is 1. The van der Waals surface area contributed by atoms with Gasteiger partial charge < -0.3 is 19.3 Å². The summed E-state index contributed by atoms with van der Waals surface area (Å²) in [6.45, 7) is 3.16. The molecule has 5 heteroatoms. The van der Waals surface area contributed by atoms with Gasteiger partial charge in [-0.1, -0.05) is 6.07 Å². The topological polar surface area (TPSA) is 65.0 Å². The number of aliphatic hydroxyl groups is 1. The van der Waals surface area contributed by atoms with Gasteiger partial charge in [0.05, 0.1) is 32.0 Å². The summed E-state index contributed by atoms with van der Waals surface area (Å²) in [5.41, 5.74) is 0.464.